The van der Waals surface area contributed by atoms with E-state index in [1.54, 1.807) is 6.92 Å². The van der Waals surface area contributed by atoms with Gasteiger partial charge in [0.1, 0.15) is 0 Å². The van der Waals surface area contributed by atoms with Crippen molar-refractivity contribution in [2.24, 2.45) is 0 Å². The van der Waals surface area contributed by atoms with Crippen LogP contribution in [0.5, 0.6) is 0 Å². The first kappa shape index (κ1) is 30.8. The van der Waals surface area contributed by atoms with E-state index in [1.165, 1.54) is 11.1 Å². The van der Waals surface area contributed by atoms with Gasteiger partial charge in [-0.05, 0) is 0 Å². The Morgan fingerprint density at radius 3 is 1.39 bits per heavy atom. The molecule has 0 atom stereocenters. The summed E-state index contributed by atoms with van der Waals surface area (Å²) in [7, 11) is 0. The molecular formula is C43H34N4OSe. The van der Waals surface area contributed by atoms with Gasteiger partial charge in [0, 0.05) is 0 Å². The minimum atomic E-state index is -0.228. The van der Waals surface area contributed by atoms with Crippen LogP contribution in [0.1, 0.15) is 46.4 Å². The van der Waals surface area contributed by atoms with Gasteiger partial charge in [-0.1, -0.05) is 18.2 Å². The Morgan fingerprint density at radius 1 is 0.531 bits per heavy atom. The number of benzene rings is 3. The van der Waals surface area contributed by atoms with Crippen LogP contribution in [-0.4, -0.2) is 39.6 Å². The van der Waals surface area contributed by atoms with Crippen LogP contribution in [0, 0.1) is 13.8 Å². The van der Waals surface area contributed by atoms with Crippen molar-refractivity contribution in [1.82, 2.24) is 19.9 Å². The molecule has 5 heterocycles. The van der Waals surface area contributed by atoms with E-state index >= 15 is 0 Å². The van der Waals surface area contributed by atoms with Gasteiger partial charge in [0.25, 0.3) is 0 Å². The molecule has 8 rings (SSSR count). The zero-order valence-corrected chi connectivity index (χ0v) is 29.3. The molecular weight excluding hydrogens is 667 g/mol. The first-order valence-corrected chi connectivity index (χ1v) is 18.5. The summed E-state index contributed by atoms with van der Waals surface area (Å²) in [6.45, 7) is 5.87. The van der Waals surface area contributed by atoms with Crippen molar-refractivity contribution in [3.63, 3.8) is 0 Å². The molecule has 0 amide bonds. The maximum absolute atomic E-state index is 12.3. The molecule has 2 N–H and O–H groups in total. The van der Waals surface area contributed by atoms with Crippen molar-refractivity contribution < 1.29 is 4.79 Å². The predicted octanol–water partition coefficient (Wildman–Crippen LogP) is 10.0. The van der Waals surface area contributed by atoms with Crippen LogP contribution in [0.3, 0.4) is 0 Å². The zero-order valence-electron chi connectivity index (χ0n) is 27.5. The Balaban J connectivity index is 1.54. The summed E-state index contributed by atoms with van der Waals surface area (Å²) >= 11 is -0.228. The van der Waals surface area contributed by atoms with E-state index in [4.69, 9.17) is 9.97 Å². The molecule has 0 saturated carbocycles. The maximum atomic E-state index is 12.3. The summed E-state index contributed by atoms with van der Waals surface area (Å²) in [5, 5.41) is 0.615. The van der Waals surface area contributed by atoms with Gasteiger partial charge in [0.2, 0.25) is 0 Å². The molecule has 0 radical (unpaired) electrons. The van der Waals surface area contributed by atoms with Gasteiger partial charge in [-0.2, -0.15) is 0 Å². The average Bonchev–Trinajstić information content (AvgIpc) is 3.94. The summed E-state index contributed by atoms with van der Waals surface area (Å²) < 4.78 is 0.202. The molecule has 5 nitrogen and oxygen atoms in total. The minimum absolute atomic E-state index is 0.202. The molecule has 2 aliphatic heterocycles. The summed E-state index contributed by atoms with van der Waals surface area (Å²) in [5.74, 6) is 0. The molecule has 238 valence electrons. The first-order chi connectivity index (χ1) is 23.9. The summed E-state index contributed by atoms with van der Waals surface area (Å²) in [6, 6.07) is 36.3. The van der Waals surface area contributed by atoms with Gasteiger partial charge in [-0.25, -0.2) is 0 Å². The van der Waals surface area contributed by atoms with Gasteiger partial charge < -0.3 is 0 Å². The van der Waals surface area contributed by atoms with Crippen LogP contribution in [0.15, 0.2) is 103 Å². The van der Waals surface area contributed by atoms with Gasteiger partial charge in [-0.3, -0.25) is 0 Å². The van der Waals surface area contributed by atoms with E-state index in [2.05, 4.69) is 145 Å². The van der Waals surface area contributed by atoms with Crippen molar-refractivity contribution in [2.75, 3.05) is 0 Å². The molecule has 6 heteroatoms. The van der Waals surface area contributed by atoms with Gasteiger partial charge >= 0.3 is 275 Å². The van der Waals surface area contributed by atoms with Crippen LogP contribution in [0.25, 0.3) is 79.8 Å². The quantitative estimate of drug-likeness (QED) is 0.170. The van der Waals surface area contributed by atoms with E-state index in [0.717, 1.165) is 83.8 Å². The molecule has 3 aromatic carbocycles. The normalized spacial score (nSPS) is 12.1. The van der Waals surface area contributed by atoms with Crippen LogP contribution >= 0.6 is 0 Å². The van der Waals surface area contributed by atoms with Crippen molar-refractivity contribution in [3.8, 4) is 33.4 Å². The number of fused-ring (bicyclic) bond motifs is 8. The predicted molar refractivity (Wildman–Crippen MR) is 205 cm³/mol. The van der Waals surface area contributed by atoms with Gasteiger partial charge in [0.15, 0.2) is 0 Å². The van der Waals surface area contributed by atoms with Crippen LogP contribution in [-0.2, 0) is 10.1 Å². The van der Waals surface area contributed by atoms with Crippen molar-refractivity contribution in [3.05, 3.63) is 143 Å². The number of aryl methyl sites for hydroxylation is 2. The third kappa shape index (κ3) is 6.02. The zero-order chi connectivity index (χ0) is 33.5. The molecule has 6 aromatic rings. The van der Waals surface area contributed by atoms with Crippen molar-refractivity contribution >= 4 is 66.0 Å². The fourth-order valence-corrected chi connectivity index (χ4v) is 7.90. The molecule has 3 aromatic heterocycles. The number of aromatic amines is 2. The van der Waals surface area contributed by atoms with E-state index < -0.39 is 0 Å². The molecule has 0 spiro atoms. The summed E-state index contributed by atoms with van der Waals surface area (Å²) in [4.78, 5) is 30.4. The molecule has 2 aliphatic rings. The van der Waals surface area contributed by atoms with E-state index in [-0.39, 0.29) is 19.6 Å². The second-order valence-electron chi connectivity index (χ2n) is 12.5. The third-order valence-corrected chi connectivity index (χ3v) is 10.8. The Kier molecular flexibility index (Phi) is 8.04. The molecule has 49 heavy (non-hydrogen) atoms. The van der Waals surface area contributed by atoms with Gasteiger partial charge in [-0.15, -0.1) is 0 Å². The Bertz CT molecular complexity index is 2320. The number of hydrogen-bond acceptors (Lipinski definition) is 3. The molecule has 0 saturated heterocycles. The molecule has 8 bridgehead atoms. The fourth-order valence-electron chi connectivity index (χ4n) is 6.55. The van der Waals surface area contributed by atoms with E-state index in [9.17, 15) is 4.79 Å². The number of nitrogens with one attached hydrogen (secondary N) is 2. The number of rotatable bonds is 6. The van der Waals surface area contributed by atoms with Gasteiger partial charge in [0.05, 0.1) is 0 Å². The number of hydrogen-bond donors (Lipinski definition) is 2. The summed E-state index contributed by atoms with van der Waals surface area (Å²) in [5.41, 5.74) is 17.2. The van der Waals surface area contributed by atoms with Crippen molar-refractivity contribution in [2.45, 2.75) is 26.1 Å². The first-order valence-electron chi connectivity index (χ1n) is 16.4. The number of H-pyrrole nitrogens is 2. The number of nitrogens with zero attached hydrogens (tertiary/aromatic N) is 2. The topological polar surface area (TPSA) is 74.4 Å². The average molecular weight is 702 g/mol. The Morgan fingerprint density at radius 2 is 0.939 bits per heavy atom. The second kappa shape index (κ2) is 12.8. The summed E-state index contributed by atoms with van der Waals surface area (Å²) in [6.07, 6.45) is 8.34. The second-order valence-corrected chi connectivity index (χ2v) is 14.9. The molecule has 0 unspecified atom stereocenters. The SMILES string of the molecule is CC(=O)[Se]Cc1c2nc(c(-c3ccc(C)cc3)c3ccc([nH]3)c(-c3ccccc3)c3ccc([nH]3)c(-c3ccc(C)cc3)c3nc1C=C3)C=C2. The van der Waals surface area contributed by atoms with E-state index in [1.807, 2.05) is 6.07 Å². The van der Waals surface area contributed by atoms with E-state index in [0.29, 0.717) is 5.32 Å². The van der Waals surface area contributed by atoms with Crippen molar-refractivity contribution in [1.29, 1.82) is 0 Å². The Hall–Kier alpha value is -5.55. The monoisotopic (exact) mass is 702 g/mol. The molecule has 0 fully saturated rings. The van der Waals surface area contributed by atoms with Crippen LogP contribution < -0.4 is 0 Å². The fraction of sp³-hybridized carbons (Fsp3) is 0.0930. The third-order valence-electron chi connectivity index (χ3n) is 9.02. The Labute approximate surface area is 291 Å². The van der Waals surface area contributed by atoms with Crippen LogP contribution in [0.2, 0.25) is 0 Å². The number of carbonyl (C=O) groups excluding carboxylic acids is 1. The van der Waals surface area contributed by atoms with Crippen LogP contribution in [0.4, 0.5) is 0 Å². The molecule has 0 aliphatic carbocycles. The number of carbonyl (C=O) groups is 1. The number of aromatic nitrogens is 4. The standard InChI is InChI=1S/C43H34N4OSe/c1-26-9-13-30(14-10-26)42-35-19-17-33(44-35)32(25-49-28(3)48)34-18-20-36(45-34)43(31-15-11-27(2)12-16-31)40-24-22-38(47-40)41(29-7-5-4-6-8-29)37-21-23-39(42)46-37/h4-24,46-47H,25H2,1-3H3.